The fourth-order valence-corrected chi connectivity index (χ4v) is 4.25. The molecule has 2 aromatic heterocycles. The Morgan fingerprint density at radius 2 is 1.81 bits per heavy atom. The van der Waals surface area contributed by atoms with Gasteiger partial charge in [0, 0.05) is 12.2 Å². The molecular formula is C21H25N3O2. The molecule has 1 aromatic carbocycles. The van der Waals surface area contributed by atoms with Gasteiger partial charge >= 0.3 is 0 Å². The minimum Gasteiger partial charge on any atom is -0.352 e. The van der Waals surface area contributed by atoms with Crippen LogP contribution in [0.1, 0.15) is 33.1 Å². The molecule has 1 N–H and O–H groups in total. The van der Waals surface area contributed by atoms with Crippen molar-refractivity contribution in [2.24, 2.45) is 11.8 Å². The lowest BCUT2D eigenvalue weighted by molar-refractivity contribution is -0.123. The molecule has 1 saturated carbocycles. The zero-order valence-electron chi connectivity index (χ0n) is 15.3. The van der Waals surface area contributed by atoms with E-state index in [0.717, 1.165) is 23.9 Å². The van der Waals surface area contributed by atoms with Crippen molar-refractivity contribution >= 4 is 22.5 Å². The molecule has 1 aliphatic carbocycles. The number of carbonyl (C=O) groups is 1. The van der Waals surface area contributed by atoms with Crippen molar-refractivity contribution in [2.75, 3.05) is 0 Å². The second kappa shape index (κ2) is 6.63. The molecule has 0 unspecified atom stereocenters. The summed E-state index contributed by atoms with van der Waals surface area (Å²) in [5.41, 5.74) is 2.17. The summed E-state index contributed by atoms with van der Waals surface area (Å²) in [6, 6.07) is 11.6. The van der Waals surface area contributed by atoms with Crippen molar-refractivity contribution in [1.29, 1.82) is 0 Å². The highest BCUT2D eigenvalue weighted by atomic mass is 16.2. The third-order valence-corrected chi connectivity index (χ3v) is 6.00. The van der Waals surface area contributed by atoms with Gasteiger partial charge in [-0.3, -0.25) is 14.2 Å². The summed E-state index contributed by atoms with van der Waals surface area (Å²) in [4.78, 5) is 25.6. The minimum absolute atomic E-state index is 0.0542. The molecule has 0 aliphatic heterocycles. The van der Waals surface area contributed by atoms with Gasteiger partial charge in [0.25, 0.3) is 5.56 Å². The summed E-state index contributed by atoms with van der Waals surface area (Å²) in [7, 11) is 0. The van der Waals surface area contributed by atoms with Crippen LogP contribution < -0.4 is 10.9 Å². The number of aromatic nitrogens is 2. The van der Waals surface area contributed by atoms with Crippen LogP contribution >= 0.6 is 0 Å². The van der Waals surface area contributed by atoms with Crippen LogP contribution in [0.15, 0.2) is 47.4 Å². The van der Waals surface area contributed by atoms with E-state index in [-0.39, 0.29) is 24.1 Å². The monoisotopic (exact) mass is 351 g/mol. The van der Waals surface area contributed by atoms with E-state index in [4.69, 9.17) is 0 Å². The van der Waals surface area contributed by atoms with E-state index < -0.39 is 0 Å². The zero-order chi connectivity index (χ0) is 18.3. The highest BCUT2D eigenvalue weighted by molar-refractivity contribution is 5.82. The van der Waals surface area contributed by atoms with Crippen molar-refractivity contribution in [2.45, 2.75) is 45.7 Å². The lowest BCUT2D eigenvalue weighted by atomic mass is 9.78. The molecule has 136 valence electrons. The van der Waals surface area contributed by atoms with Crippen LogP contribution in [0.4, 0.5) is 0 Å². The first-order valence-corrected chi connectivity index (χ1v) is 9.44. The third kappa shape index (κ3) is 2.81. The number of nitrogens with one attached hydrogen (secondary N) is 1. The largest absolute Gasteiger partial charge is 0.352 e. The van der Waals surface area contributed by atoms with Crippen LogP contribution in [-0.2, 0) is 11.3 Å². The number of nitrogens with zero attached hydrogens (tertiary/aromatic N) is 2. The highest BCUT2D eigenvalue weighted by Crippen LogP contribution is 2.29. The molecular weight excluding hydrogens is 326 g/mol. The second-order valence-electron chi connectivity index (χ2n) is 7.58. The van der Waals surface area contributed by atoms with E-state index in [2.05, 4.69) is 19.2 Å². The van der Waals surface area contributed by atoms with Crippen LogP contribution in [0.25, 0.3) is 16.6 Å². The van der Waals surface area contributed by atoms with E-state index in [1.165, 1.54) is 6.42 Å². The summed E-state index contributed by atoms with van der Waals surface area (Å²) in [6.07, 6.45) is 5.27. The highest BCUT2D eigenvalue weighted by Gasteiger charge is 2.28. The van der Waals surface area contributed by atoms with E-state index in [1.54, 1.807) is 10.6 Å². The van der Waals surface area contributed by atoms with Crippen LogP contribution in [0.3, 0.4) is 0 Å². The molecule has 1 aliphatic rings. The molecule has 5 heteroatoms. The van der Waals surface area contributed by atoms with Gasteiger partial charge in [-0.15, -0.1) is 0 Å². The van der Waals surface area contributed by atoms with Gasteiger partial charge in [0.05, 0.1) is 11.0 Å². The molecule has 4 rings (SSSR count). The number of fused-ring (bicyclic) bond motifs is 3. The number of amides is 1. The quantitative estimate of drug-likeness (QED) is 0.788. The molecule has 3 aromatic rings. The number of para-hydroxylation sites is 2. The molecule has 2 heterocycles. The lowest BCUT2D eigenvalue weighted by Crippen LogP contribution is -2.45. The van der Waals surface area contributed by atoms with Crippen LogP contribution in [0.2, 0.25) is 0 Å². The van der Waals surface area contributed by atoms with Crippen molar-refractivity contribution in [3.63, 3.8) is 0 Å². The number of hydrogen-bond donors (Lipinski definition) is 1. The SMILES string of the molecule is C[C@H]1[C@H](C)CCC[C@@H]1NC(=O)Cn1c(=O)c2cccn2c2ccccc21. The Balaban J connectivity index is 1.67. The Hall–Kier alpha value is -2.56. The minimum atomic E-state index is -0.131. The average Bonchev–Trinajstić information content (AvgIpc) is 3.13. The topological polar surface area (TPSA) is 55.5 Å². The molecule has 0 spiro atoms. The molecule has 5 nitrogen and oxygen atoms in total. The lowest BCUT2D eigenvalue weighted by Gasteiger charge is -2.34. The van der Waals surface area contributed by atoms with Crippen molar-refractivity contribution in [3.05, 3.63) is 52.9 Å². The van der Waals surface area contributed by atoms with Gasteiger partial charge in [-0.05, 0) is 42.5 Å². The van der Waals surface area contributed by atoms with Crippen molar-refractivity contribution in [1.82, 2.24) is 14.3 Å². The van der Waals surface area contributed by atoms with Crippen molar-refractivity contribution in [3.8, 4) is 0 Å². The van der Waals surface area contributed by atoms with E-state index in [1.807, 2.05) is 40.9 Å². The first kappa shape index (κ1) is 16.9. The molecule has 0 saturated heterocycles. The summed E-state index contributed by atoms with van der Waals surface area (Å²) in [5, 5.41) is 3.18. The fourth-order valence-electron chi connectivity index (χ4n) is 4.25. The summed E-state index contributed by atoms with van der Waals surface area (Å²) in [6.45, 7) is 4.52. The Bertz CT molecular complexity index is 1020. The molecule has 0 bridgehead atoms. The smallest absolute Gasteiger partial charge is 0.275 e. The molecule has 0 radical (unpaired) electrons. The Kier molecular flexibility index (Phi) is 4.31. The van der Waals surface area contributed by atoms with E-state index in [0.29, 0.717) is 17.4 Å². The van der Waals surface area contributed by atoms with Crippen LogP contribution in [-0.4, -0.2) is 20.9 Å². The predicted octanol–water partition coefficient (Wildman–Crippen LogP) is 3.20. The van der Waals surface area contributed by atoms with E-state index in [9.17, 15) is 9.59 Å². The Labute approximate surface area is 152 Å². The first-order chi connectivity index (χ1) is 12.6. The summed E-state index contributed by atoms with van der Waals surface area (Å²) >= 11 is 0. The predicted molar refractivity (Wildman–Crippen MR) is 103 cm³/mol. The number of hydrogen-bond acceptors (Lipinski definition) is 2. The third-order valence-electron chi connectivity index (χ3n) is 6.00. The van der Waals surface area contributed by atoms with Crippen LogP contribution in [0, 0.1) is 11.8 Å². The Morgan fingerprint density at radius 1 is 1.08 bits per heavy atom. The van der Waals surface area contributed by atoms with E-state index >= 15 is 0 Å². The number of benzene rings is 1. The van der Waals surface area contributed by atoms with Gasteiger partial charge in [0.1, 0.15) is 12.1 Å². The maximum atomic E-state index is 12.9. The molecule has 1 fully saturated rings. The van der Waals surface area contributed by atoms with Gasteiger partial charge in [0.2, 0.25) is 5.91 Å². The van der Waals surface area contributed by atoms with Gasteiger partial charge < -0.3 is 9.72 Å². The molecule has 3 atom stereocenters. The summed E-state index contributed by atoms with van der Waals surface area (Å²) in [5.74, 6) is 1.00. The molecule has 26 heavy (non-hydrogen) atoms. The van der Waals surface area contributed by atoms with Gasteiger partial charge in [-0.25, -0.2) is 0 Å². The van der Waals surface area contributed by atoms with Crippen molar-refractivity contribution < 1.29 is 4.79 Å². The molecule has 1 amide bonds. The van der Waals surface area contributed by atoms with Crippen LogP contribution in [0.5, 0.6) is 0 Å². The average molecular weight is 351 g/mol. The fraction of sp³-hybridized carbons (Fsp3) is 0.429. The maximum Gasteiger partial charge on any atom is 0.275 e. The number of rotatable bonds is 3. The number of carbonyl (C=O) groups excluding carboxylic acids is 1. The maximum absolute atomic E-state index is 12.9. The summed E-state index contributed by atoms with van der Waals surface area (Å²) < 4.78 is 3.48. The zero-order valence-corrected chi connectivity index (χ0v) is 15.3. The standard InChI is InChI=1S/C21H25N3O2/c1-14-7-5-8-16(15(14)2)22-20(25)13-24-18-10-4-3-9-17(18)23-12-6-11-19(23)21(24)26/h3-4,6,9-12,14-16H,5,7-8,13H2,1-2H3,(H,22,25)/t14-,15+,16+/m1/s1. The van der Waals surface area contributed by atoms with Gasteiger partial charge in [-0.1, -0.05) is 38.8 Å². The first-order valence-electron chi connectivity index (χ1n) is 9.44. The second-order valence-corrected chi connectivity index (χ2v) is 7.58. The van der Waals surface area contributed by atoms with Gasteiger partial charge in [-0.2, -0.15) is 0 Å². The normalized spacial score (nSPS) is 23.4. The van der Waals surface area contributed by atoms with Gasteiger partial charge in [0.15, 0.2) is 0 Å². The Morgan fingerprint density at radius 3 is 2.62 bits per heavy atom.